The molecule has 1 aromatic heterocycles. The number of fused-ring (bicyclic) bond motifs is 6. The number of nitrogens with zero attached hydrogens (tertiary/aromatic N) is 1. The summed E-state index contributed by atoms with van der Waals surface area (Å²) in [5.74, 6) is 0.357. The van der Waals surface area contributed by atoms with E-state index in [2.05, 4.69) is 22.9 Å². The highest BCUT2D eigenvalue weighted by Gasteiger charge is 2.60. The van der Waals surface area contributed by atoms with Crippen LogP contribution in [0.1, 0.15) is 47.4 Å². The average Bonchev–Trinajstić information content (AvgIpc) is 3.40. The number of H-pyrrole nitrogens is 1. The summed E-state index contributed by atoms with van der Waals surface area (Å²) in [6.45, 7) is 3.86. The number of carbonyl (C=O) groups excluding carboxylic acids is 2. The van der Waals surface area contributed by atoms with Crippen LogP contribution in [0.3, 0.4) is 0 Å². The topological polar surface area (TPSA) is 109 Å². The van der Waals surface area contributed by atoms with Crippen LogP contribution in [-0.2, 0) is 25.4 Å². The van der Waals surface area contributed by atoms with Crippen molar-refractivity contribution < 1.29 is 38.0 Å². The van der Waals surface area contributed by atoms with Crippen LogP contribution in [0.2, 0.25) is 0 Å². The van der Waals surface area contributed by atoms with Gasteiger partial charge in [0.05, 0.1) is 46.0 Å². The number of nitrogens with one attached hydrogen (secondary N) is 1. The second-order valence-electron chi connectivity index (χ2n) is 12.0. The molecular weight excluding hydrogens is 552 g/mol. The number of carbonyl (C=O) groups is 2. The summed E-state index contributed by atoms with van der Waals surface area (Å²) < 4.78 is 33.7. The van der Waals surface area contributed by atoms with E-state index in [1.165, 1.54) is 38.0 Å². The number of methoxy groups -OCH3 is 5. The van der Waals surface area contributed by atoms with Crippen LogP contribution in [0, 0.1) is 17.3 Å². The van der Waals surface area contributed by atoms with Gasteiger partial charge in [0.1, 0.15) is 18.0 Å². The summed E-state index contributed by atoms with van der Waals surface area (Å²) in [6.07, 6.45) is 0.941. The van der Waals surface area contributed by atoms with E-state index in [0.717, 1.165) is 37.2 Å². The summed E-state index contributed by atoms with van der Waals surface area (Å²) in [6, 6.07) is 11.2. The molecule has 0 spiro atoms. The zero-order valence-corrected chi connectivity index (χ0v) is 25.6. The minimum absolute atomic E-state index is 0.0773. The van der Waals surface area contributed by atoms with Crippen LogP contribution < -0.4 is 14.2 Å². The molecule has 0 bridgehead atoms. The first-order valence-corrected chi connectivity index (χ1v) is 14.7. The van der Waals surface area contributed by atoms with E-state index in [1.54, 1.807) is 32.4 Å². The molecule has 230 valence electrons. The van der Waals surface area contributed by atoms with Gasteiger partial charge in [0.15, 0.2) is 11.5 Å². The number of aromatic amines is 1. The van der Waals surface area contributed by atoms with Gasteiger partial charge in [0.2, 0.25) is 0 Å². The molecule has 3 aliphatic rings. The molecule has 2 fully saturated rings. The lowest BCUT2D eigenvalue weighted by Crippen LogP contribution is -2.63. The maximum Gasteiger partial charge on any atom is 0.338 e. The quantitative estimate of drug-likeness (QED) is 0.395. The molecule has 1 saturated heterocycles. The van der Waals surface area contributed by atoms with Crippen LogP contribution >= 0.6 is 0 Å². The van der Waals surface area contributed by atoms with Crippen LogP contribution in [0.4, 0.5) is 0 Å². The monoisotopic (exact) mass is 592 g/mol. The number of piperidine rings is 1. The molecule has 6 rings (SSSR count). The van der Waals surface area contributed by atoms with Crippen LogP contribution in [0.5, 0.6) is 17.2 Å². The minimum Gasteiger partial charge on any atom is -0.497 e. The predicted octanol–water partition coefficient (Wildman–Crippen LogP) is 4.55. The Labute approximate surface area is 251 Å². The third-order valence-electron chi connectivity index (χ3n) is 10.1. The zero-order valence-electron chi connectivity index (χ0n) is 25.6. The SMILES string of the molecule is COC(=O)[C@@H]1[C@@H](OC)[C@H](OC(=O)c2ccc(OC)c(OC)c2)C[C@@H]2CN3CCc4c([nH]c5cc(OC)ccc45)[C@H]3C[C@@]21C. The van der Waals surface area contributed by atoms with E-state index < -0.39 is 29.5 Å². The highest BCUT2D eigenvalue weighted by Crippen LogP contribution is 2.57. The highest BCUT2D eigenvalue weighted by atomic mass is 16.6. The van der Waals surface area contributed by atoms with Gasteiger partial charge >= 0.3 is 11.9 Å². The first-order valence-electron chi connectivity index (χ1n) is 14.7. The van der Waals surface area contributed by atoms with Gasteiger partial charge in [-0.25, -0.2) is 4.79 Å². The molecule has 10 heteroatoms. The molecule has 2 aliphatic heterocycles. The van der Waals surface area contributed by atoms with Crippen molar-refractivity contribution in [2.75, 3.05) is 48.6 Å². The normalized spacial score (nSPS) is 28.3. The molecule has 1 aliphatic carbocycles. The van der Waals surface area contributed by atoms with Gasteiger partial charge in [-0.05, 0) is 66.5 Å². The fourth-order valence-electron chi connectivity index (χ4n) is 7.89. The van der Waals surface area contributed by atoms with Gasteiger partial charge in [-0.1, -0.05) is 6.92 Å². The molecule has 1 N–H and O–H groups in total. The van der Waals surface area contributed by atoms with E-state index >= 15 is 0 Å². The van der Waals surface area contributed by atoms with E-state index in [4.69, 9.17) is 28.4 Å². The molecule has 0 radical (unpaired) electrons. The Kier molecular flexibility index (Phi) is 7.76. The highest BCUT2D eigenvalue weighted by molar-refractivity contribution is 5.90. The largest absolute Gasteiger partial charge is 0.497 e. The molecule has 10 nitrogen and oxygen atoms in total. The second-order valence-corrected chi connectivity index (χ2v) is 12.0. The molecule has 43 heavy (non-hydrogen) atoms. The summed E-state index contributed by atoms with van der Waals surface area (Å²) in [5.41, 5.74) is 3.47. The van der Waals surface area contributed by atoms with Crippen molar-refractivity contribution in [1.82, 2.24) is 9.88 Å². The summed E-state index contributed by atoms with van der Waals surface area (Å²) in [5, 5.41) is 1.22. The Balaban J connectivity index is 1.32. The number of rotatable bonds is 7. The smallest absolute Gasteiger partial charge is 0.338 e. The lowest BCUT2D eigenvalue weighted by atomic mass is 9.54. The molecule has 6 atom stereocenters. The lowest BCUT2D eigenvalue weighted by Gasteiger charge is -2.58. The Bertz CT molecular complexity index is 1530. The molecule has 1 saturated carbocycles. The van der Waals surface area contributed by atoms with Gasteiger partial charge in [0, 0.05) is 42.9 Å². The standard InChI is InChI=1S/C33H40N2O8/c1-33-16-24-29-22(21-9-8-20(38-2)15-23(21)34-29)11-12-35(24)17-19(33)14-27(30(41-5)28(33)32(37)42-6)43-31(36)18-7-10-25(39-3)26(13-18)40-4/h7-10,13,15,19,24,27-28,30,34H,11-12,14,16-17H2,1-6H3/t19-,24-,27-,28+,30+,33+/m1/s1. The number of hydrogen-bond donors (Lipinski definition) is 1. The van der Waals surface area contributed by atoms with Crippen molar-refractivity contribution in [3.63, 3.8) is 0 Å². The Morgan fingerprint density at radius 3 is 2.47 bits per heavy atom. The molecule has 0 amide bonds. The number of benzene rings is 2. The van der Waals surface area contributed by atoms with Crippen LogP contribution in [0.15, 0.2) is 36.4 Å². The maximum absolute atomic E-state index is 13.6. The van der Waals surface area contributed by atoms with Gasteiger partial charge in [-0.3, -0.25) is 9.69 Å². The fourth-order valence-corrected chi connectivity index (χ4v) is 7.89. The average molecular weight is 593 g/mol. The first kappa shape index (κ1) is 29.3. The third kappa shape index (κ3) is 4.80. The molecule has 3 heterocycles. The summed E-state index contributed by atoms with van der Waals surface area (Å²) in [4.78, 5) is 33.2. The van der Waals surface area contributed by atoms with E-state index in [9.17, 15) is 9.59 Å². The van der Waals surface area contributed by atoms with E-state index in [1.807, 2.05) is 12.1 Å². The first-order chi connectivity index (χ1) is 20.8. The summed E-state index contributed by atoms with van der Waals surface area (Å²) >= 11 is 0. The van der Waals surface area contributed by atoms with Crippen LogP contribution in [-0.4, -0.2) is 82.7 Å². The molecule has 2 aromatic carbocycles. The maximum atomic E-state index is 13.6. The van der Waals surface area contributed by atoms with Crippen molar-refractivity contribution in [3.05, 3.63) is 53.2 Å². The number of aromatic nitrogens is 1. The van der Waals surface area contributed by atoms with Gasteiger partial charge in [-0.2, -0.15) is 0 Å². The van der Waals surface area contributed by atoms with Crippen molar-refractivity contribution in [2.45, 2.75) is 44.4 Å². The lowest BCUT2D eigenvalue weighted by molar-refractivity contribution is -0.196. The Morgan fingerprint density at radius 1 is 0.977 bits per heavy atom. The minimum atomic E-state index is -0.667. The van der Waals surface area contributed by atoms with Gasteiger partial charge in [0.25, 0.3) is 0 Å². The van der Waals surface area contributed by atoms with Crippen molar-refractivity contribution in [3.8, 4) is 17.2 Å². The zero-order chi connectivity index (χ0) is 30.5. The van der Waals surface area contributed by atoms with Crippen molar-refractivity contribution in [1.29, 1.82) is 0 Å². The second kappa shape index (κ2) is 11.4. The Hall–Kier alpha value is -3.76. The number of hydrogen-bond acceptors (Lipinski definition) is 9. The van der Waals surface area contributed by atoms with Crippen molar-refractivity contribution in [2.24, 2.45) is 17.3 Å². The third-order valence-corrected chi connectivity index (χ3v) is 10.1. The molecule has 3 aromatic rings. The van der Waals surface area contributed by atoms with Crippen molar-refractivity contribution >= 4 is 22.8 Å². The van der Waals surface area contributed by atoms with Gasteiger partial charge < -0.3 is 33.4 Å². The summed E-state index contributed by atoms with van der Waals surface area (Å²) in [7, 11) is 7.71. The predicted molar refractivity (Wildman–Crippen MR) is 159 cm³/mol. The van der Waals surface area contributed by atoms with E-state index in [-0.39, 0.29) is 17.9 Å². The molecular formula is C33H40N2O8. The Morgan fingerprint density at radius 2 is 1.77 bits per heavy atom. The fraction of sp³-hybridized carbons (Fsp3) is 0.515. The van der Waals surface area contributed by atoms with Gasteiger partial charge in [-0.15, -0.1) is 0 Å². The number of ether oxygens (including phenoxy) is 6. The molecule has 0 unspecified atom stereocenters. The van der Waals surface area contributed by atoms with Crippen LogP contribution in [0.25, 0.3) is 10.9 Å². The number of esters is 2. The van der Waals surface area contributed by atoms with E-state index in [0.29, 0.717) is 23.5 Å².